The maximum Gasteiger partial charge on any atom is 0.243 e. The number of rotatable bonds is 7. The Balaban J connectivity index is 1.24. The van der Waals surface area contributed by atoms with E-state index >= 15 is 0 Å². The summed E-state index contributed by atoms with van der Waals surface area (Å²) in [7, 11) is 0. The molecule has 2 amide bonds. The Labute approximate surface area is 175 Å². The van der Waals surface area contributed by atoms with Crippen LogP contribution in [0.3, 0.4) is 0 Å². The number of carbonyl (C=O) groups is 2. The Morgan fingerprint density at radius 3 is 2.66 bits per heavy atom. The van der Waals surface area contributed by atoms with Gasteiger partial charge in [-0.15, -0.1) is 11.3 Å². The summed E-state index contributed by atoms with van der Waals surface area (Å²) >= 11 is 3.11. The molecular weight excluding hydrogens is 406 g/mol. The molecule has 0 bridgehead atoms. The number of hydrogen-bond donors (Lipinski definition) is 2. The predicted octanol–water partition coefficient (Wildman–Crippen LogP) is 3.35. The first-order valence-corrected chi connectivity index (χ1v) is 10.6. The summed E-state index contributed by atoms with van der Waals surface area (Å²) in [5.41, 5.74) is 3.30. The average molecular weight is 424 g/mol. The molecule has 9 heteroatoms. The van der Waals surface area contributed by atoms with Crippen LogP contribution in [0.4, 0.5) is 5.69 Å². The highest BCUT2D eigenvalue weighted by atomic mass is 32.1. The van der Waals surface area contributed by atoms with Crippen molar-refractivity contribution in [3.8, 4) is 16.3 Å². The summed E-state index contributed by atoms with van der Waals surface area (Å²) in [6.45, 7) is -0.0960. The number of benzene rings is 1. The Kier molecular flexibility index (Phi) is 5.78. The lowest BCUT2D eigenvalue weighted by atomic mass is 10.2. The molecule has 3 aromatic heterocycles. The van der Waals surface area contributed by atoms with Crippen LogP contribution in [-0.4, -0.2) is 33.1 Å². The van der Waals surface area contributed by atoms with Gasteiger partial charge in [0.05, 0.1) is 24.3 Å². The number of nitrogens with one attached hydrogen (secondary N) is 2. The standard InChI is InChI=1S/C20H17N5O2S2/c26-18(10-16-13-29-20(24-16)14-6-9-28-12-14)21-11-19(27)23-15-2-4-17(5-3-15)25-8-1-7-22-25/h1-9,12-13H,10-11H2,(H,21,26)(H,23,27). The quantitative estimate of drug-likeness (QED) is 0.477. The smallest absolute Gasteiger partial charge is 0.243 e. The van der Waals surface area contributed by atoms with Gasteiger partial charge in [0, 0.05) is 34.4 Å². The first-order chi connectivity index (χ1) is 14.2. The Morgan fingerprint density at radius 2 is 1.93 bits per heavy atom. The fourth-order valence-electron chi connectivity index (χ4n) is 2.64. The molecule has 7 nitrogen and oxygen atoms in total. The minimum Gasteiger partial charge on any atom is -0.347 e. The van der Waals surface area contributed by atoms with Crippen LogP contribution in [0.5, 0.6) is 0 Å². The lowest BCUT2D eigenvalue weighted by Gasteiger charge is -2.08. The number of carbonyl (C=O) groups excluding carboxylic acids is 2. The maximum absolute atomic E-state index is 12.1. The molecule has 146 valence electrons. The summed E-state index contributed by atoms with van der Waals surface area (Å²) in [5, 5.41) is 16.3. The van der Waals surface area contributed by atoms with Crippen molar-refractivity contribution < 1.29 is 9.59 Å². The summed E-state index contributed by atoms with van der Waals surface area (Å²) < 4.78 is 1.73. The van der Waals surface area contributed by atoms with E-state index in [1.54, 1.807) is 34.3 Å². The largest absolute Gasteiger partial charge is 0.347 e. The van der Waals surface area contributed by atoms with Crippen molar-refractivity contribution in [3.05, 3.63) is 70.6 Å². The molecule has 0 fully saturated rings. The monoisotopic (exact) mass is 423 g/mol. The molecule has 0 aliphatic rings. The van der Waals surface area contributed by atoms with E-state index in [9.17, 15) is 9.59 Å². The van der Waals surface area contributed by atoms with Crippen LogP contribution in [0.1, 0.15) is 5.69 Å². The van der Waals surface area contributed by atoms with E-state index in [0.29, 0.717) is 11.4 Å². The van der Waals surface area contributed by atoms with Crippen LogP contribution in [0.25, 0.3) is 16.3 Å². The molecule has 29 heavy (non-hydrogen) atoms. The minimum atomic E-state index is -0.289. The van der Waals surface area contributed by atoms with Gasteiger partial charge < -0.3 is 10.6 Å². The molecule has 0 saturated heterocycles. The molecule has 4 aromatic rings. The fourth-order valence-corrected chi connectivity index (χ4v) is 4.17. The van der Waals surface area contributed by atoms with Crippen molar-refractivity contribution in [1.29, 1.82) is 0 Å². The second-order valence-electron chi connectivity index (χ2n) is 6.16. The molecule has 3 heterocycles. The number of nitrogens with zero attached hydrogens (tertiary/aromatic N) is 3. The Morgan fingerprint density at radius 1 is 1.07 bits per heavy atom. The third-order valence-corrected chi connectivity index (χ3v) is 5.65. The molecule has 0 radical (unpaired) electrons. The van der Waals surface area contributed by atoms with Gasteiger partial charge in [0.25, 0.3) is 0 Å². The van der Waals surface area contributed by atoms with Gasteiger partial charge in [-0.1, -0.05) is 0 Å². The lowest BCUT2D eigenvalue weighted by Crippen LogP contribution is -2.33. The van der Waals surface area contributed by atoms with Gasteiger partial charge >= 0.3 is 0 Å². The van der Waals surface area contributed by atoms with Gasteiger partial charge in [-0.25, -0.2) is 9.67 Å². The van der Waals surface area contributed by atoms with Crippen LogP contribution >= 0.6 is 22.7 Å². The van der Waals surface area contributed by atoms with Crippen LogP contribution in [0.2, 0.25) is 0 Å². The minimum absolute atomic E-state index is 0.0960. The molecule has 0 aliphatic heterocycles. The summed E-state index contributed by atoms with van der Waals surface area (Å²) in [4.78, 5) is 28.7. The van der Waals surface area contributed by atoms with Crippen LogP contribution < -0.4 is 10.6 Å². The zero-order valence-corrected chi connectivity index (χ0v) is 16.9. The molecule has 0 unspecified atom stereocenters. The highest BCUT2D eigenvalue weighted by Crippen LogP contribution is 2.25. The van der Waals surface area contributed by atoms with Gasteiger partial charge in [-0.3, -0.25) is 9.59 Å². The molecule has 4 rings (SSSR count). The van der Waals surface area contributed by atoms with Crippen molar-refractivity contribution in [2.24, 2.45) is 0 Å². The molecule has 1 aromatic carbocycles. The fraction of sp³-hybridized carbons (Fsp3) is 0.100. The zero-order chi connectivity index (χ0) is 20.1. The van der Waals surface area contributed by atoms with Gasteiger partial charge in [0.2, 0.25) is 11.8 Å². The highest BCUT2D eigenvalue weighted by molar-refractivity contribution is 7.14. The topological polar surface area (TPSA) is 88.9 Å². The molecule has 0 saturated carbocycles. The van der Waals surface area contributed by atoms with Gasteiger partial charge in [-0.05, 0) is 41.8 Å². The van der Waals surface area contributed by atoms with Crippen LogP contribution in [-0.2, 0) is 16.0 Å². The maximum atomic E-state index is 12.1. The van der Waals surface area contributed by atoms with E-state index in [4.69, 9.17) is 0 Å². The highest BCUT2D eigenvalue weighted by Gasteiger charge is 2.11. The SMILES string of the molecule is O=C(Cc1csc(-c2ccsc2)n1)NCC(=O)Nc1ccc(-n2cccn2)cc1. The van der Waals surface area contributed by atoms with Crippen molar-refractivity contribution in [1.82, 2.24) is 20.1 Å². The molecule has 2 N–H and O–H groups in total. The van der Waals surface area contributed by atoms with E-state index in [0.717, 1.165) is 16.3 Å². The summed E-state index contributed by atoms with van der Waals surface area (Å²) in [6, 6.07) is 11.1. The van der Waals surface area contributed by atoms with E-state index in [-0.39, 0.29) is 24.8 Å². The zero-order valence-electron chi connectivity index (χ0n) is 15.2. The Hall–Kier alpha value is -3.30. The molecule has 0 spiro atoms. The van der Waals surface area contributed by atoms with E-state index in [1.807, 2.05) is 46.6 Å². The third-order valence-electron chi connectivity index (χ3n) is 4.03. The van der Waals surface area contributed by atoms with Gasteiger partial charge in [0.1, 0.15) is 5.01 Å². The number of hydrogen-bond acceptors (Lipinski definition) is 6. The second-order valence-corrected chi connectivity index (χ2v) is 7.79. The number of anilines is 1. The third kappa shape index (κ3) is 4.95. The van der Waals surface area contributed by atoms with Crippen LogP contribution in [0.15, 0.2) is 64.9 Å². The normalized spacial score (nSPS) is 10.6. The van der Waals surface area contributed by atoms with Gasteiger partial charge in [-0.2, -0.15) is 16.4 Å². The van der Waals surface area contributed by atoms with E-state index in [2.05, 4.69) is 20.7 Å². The predicted molar refractivity (Wildman–Crippen MR) is 114 cm³/mol. The number of amides is 2. The Bertz CT molecular complexity index is 1090. The first-order valence-electron chi connectivity index (χ1n) is 8.81. The van der Waals surface area contributed by atoms with Crippen molar-refractivity contribution in [3.63, 3.8) is 0 Å². The van der Waals surface area contributed by atoms with Crippen molar-refractivity contribution in [2.45, 2.75) is 6.42 Å². The summed E-state index contributed by atoms with van der Waals surface area (Å²) in [5.74, 6) is -0.529. The van der Waals surface area contributed by atoms with Crippen molar-refractivity contribution >= 4 is 40.2 Å². The molecular formula is C20H17N5O2S2. The molecule has 0 atom stereocenters. The summed E-state index contributed by atoms with van der Waals surface area (Å²) in [6.07, 6.45) is 3.69. The number of thiophene rings is 1. The number of aromatic nitrogens is 3. The lowest BCUT2D eigenvalue weighted by molar-refractivity contribution is -0.123. The first kappa shape index (κ1) is 19.0. The van der Waals surface area contributed by atoms with E-state index < -0.39 is 0 Å². The van der Waals surface area contributed by atoms with Crippen LogP contribution in [0, 0.1) is 0 Å². The van der Waals surface area contributed by atoms with Gasteiger partial charge in [0.15, 0.2) is 0 Å². The van der Waals surface area contributed by atoms with Crippen molar-refractivity contribution in [2.75, 3.05) is 11.9 Å². The average Bonchev–Trinajstić information content (AvgIpc) is 3.48. The van der Waals surface area contributed by atoms with E-state index in [1.165, 1.54) is 11.3 Å². The molecule has 0 aliphatic carbocycles. The second kappa shape index (κ2) is 8.80. The number of thiazole rings is 1.